The zero-order valence-corrected chi connectivity index (χ0v) is 13.1. The van der Waals surface area contributed by atoms with Crippen molar-refractivity contribution in [2.45, 2.75) is 38.6 Å². The van der Waals surface area contributed by atoms with Gasteiger partial charge in [0.15, 0.2) is 0 Å². The zero-order chi connectivity index (χ0) is 15.1. The average molecular weight is 304 g/mol. The van der Waals surface area contributed by atoms with E-state index >= 15 is 0 Å². The molecule has 110 valence electrons. The fourth-order valence-corrected chi connectivity index (χ4v) is 3.42. The van der Waals surface area contributed by atoms with Crippen LogP contribution >= 0.6 is 11.6 Å². The summed E-state index contributed by atoms with van der Waals surface area (Å²) in [5.74, 6) is 1.32. The maximum atomic E-state index is 12.6. The summed E-state index contributed by atoms with van der Waals surface area (Å²) in [4.78, 5) is 12.6. The van der Waals surface area contributed by atoms with Crippen LogP contribution in [-0.4, -0.2) is 11.3 Å². The molecule has 4 heteroatoms. The van der Waals surface area contributed by atoms with E-state index in [4.69, 9.17) is 16.0 Å². The number of carbonyl (C=O) groups is 1. The van der Waals surface area contributed by atoms with Crippen molar-refractivity contribution in [2.24, 2.45) is 0 Å². The molecule has 2 unspecified atom stereocenters. The van der Waals surface area contributed by atoms with Crippen LogP contribution < -0.4 is 5.32 Å². The molecule has 1 amide bonds. The lowest BCUT2D eigenvalue weighted by molar-refractivity contribution is 0.0935. The highest BCUT2D eigenvalue weighted by Gasteiger charge is 2.33. The Morgan fingerprint density at radius 2 is 1.95 bits per heavy atom. The van der Waals surface area contributed by atoms with Gasteiger partial charge in [0.2, 0.25) is 0 Å². The molecule has 2 atom stereocenters. The van der Waals surface area contributed by atoms with E-state index in [2.05, 4.69) is 11.4 Å². The van der Waals surface area contributed by atoms with Crippen molar-refractivity contribution in [3.8, 4) is 0 Å². The van der Waals surface area contributed by atoms with Crippen LogP contribution in [0.15, 0.2) is 28.7 Å². The number of benzene rings is 1. The Labute approximate surface area is 129 Å². The highest BCUT2D eigenvalue weighted by atomic mass is 35.5. The number of rotatable bonds is 2. The fourth-order valence-electron chi connectivity index (χ4n) is 3.06. The minimum absolute atomic E-state index is 0.111. The van der Waals surface area contributed by atoms with Crippen LogP contribution in [0, 0.1) is 20.8 Å². The van der Waals surface area contributed by atoms with Gasteiger partial charge in [-0.25, -0.2) is 0 Å². The zero-order valence-electron chi connectivity index (χ0n) is 12.4. The lowest BCUT2D eigenvalue weighted by Crippen LogP contribution is -2.32. The van der Waals surface area contributed by atoms with Gasteiger partial charge in [0.05, 0.1) is 17.0 Å². The molecule has 1 aromatic carbocycles. The third kappa shape index (κ3) is 2.36. The van der Waals surface area contributed by atoms with E-state index in [0.29, 0.717) is 11.3 Å². The Bertz CT molecular complexity index is 705. The van der Waals surface area contributed by atoms with E-state index in [-0.39, 0.29) is 17.3 Å². The molecule has 0 spiro atoms. The summed E-state index contributed by atoms with van der Waals surface area (Å²) < 4.78 is 5.53. The quantitative estimate of drug-likeness (QED) is 0.857. The Morgan fingerprint density at radius 3 is 2.62 bits per heavy atom. The molecule has 1 aromatic heterocycles. The van der Waals surface area contributed by atoms with E-state index in [1.165, 1.54) is 5.56 Å². The van der Waals surface area contributed by atoms with Gasteiger partial charge in [-0.05, 0) is 38.3 Å². The second-order valence-corrected chi connectivity index (χ2v) is 6.15. The number of hydrogen-bond acceptors (Lipinski definition) is 2. The van der Waals surface area contributed by atoms with Crippen molar-refractivity contribution in [1.29, 1.82) is 0 Å². The molecule has 1 heterocycles. The molecule has 0 bridgehead atoms. The Kier molecular flexibility index (Phi) is 3.54. The Hall–Kier alpha value is -1.74. The fraction of sp³-hybridized carbons (Fsp3) is 0.353. The summed E-state index contributed by atoms with van der Waals surface area (Å²) in [7, 11) is 0. The molecule has 0 fully saturated rings. The molecule has 3 rings (SSSR count). The van der Waals surface area contributed by atoms with Crippen molar-refractivity contribution in [1.82, 2.24) is 5.32 Å². The number of alkyl halides is 1. The number of furan rings is 1. The molecule has 1 aliphatic rings. The third-order valence-corrected chi connectivity index (χ3v) is 4.65. The first-order chi connectivity index (χ1) is 9.99. The normalized spacial score (nSPS) is 20.4. The Morgan fingerprint density at radius 1 is 1.24 bits per heavy atom. The summed E-state index contributed by atoms with van der Waals surface area (Å²) >= 11 is 6.42. The van der Waals surface area contributed by atoms with Crippen LogP contribution in [0.5, 0.6) is 0 Å². The highest BCUT2D eigenvalue weighted by Crippen LogP contribution is 2.35. The lowest BCUT2D eigenvalue weighted by Gasteiger charge is -2.17. The third-order valence-electron chi connectivity index (χ3n) is 4.24. The highest BCUT2D eigenvalue weighted by molar-refractivity contribution is 6.21. The minimum Gasteiger partial charge on any atom is -0.466 e. The number of fused-ring (bicyclic) bond motifs is 1. The monoisotopic (exact) mass is 303 g/mol. The van der Waals surface area contributed by atoms with E-state index in [0.717, 1.165) is 23.3 Å². The summed E-state index contributed by atoms with van der Waals surface area (Å²) in [6.45, 7) is 5.59. The molecular weight excluding hydrogens is 286 g/mol. The summed E-state index contributed by atoms with van der Waals surface area (Å²) in [5.41, 5.74) is 3.84. The minimum atomic E-state index is -0.149. The molecule has 0 saturated heterocycles. The summed E-state index contributed by atoms with van der Waals surface area (Å²) in [6.07, 6.45) is 0.783. The van der Waals surface area contributed by atoms with Gasteiger partial charge in [0, 0.05) is 5.56 Å². The molecule has 1 N–H and O–H groups in total. The first-order valence-electron chi connectivity index (χ1n) is 7.08. The van der Waals surface area contributed by atoms with Crippen molar-refractivity contribution in [3.05, 3.63) is 58.0 Å². The van der Waals surface area contributed by atoms with Crippen LogP contribution in [-0.2, 0) is 6.42 Å². The van der Waals surface area contributed by atoms with Gasteiger partial charge in [-0.1, -0.05) is 24.3 Å². The number of halogens is 1. The number of carbonyl (C=O) groups excluding carboxylic acids is 1. The number of amides is 1. The van der Waals surface area contributed by atoms with Crippen LogP contribution in [0.2, 0.25) is 0 Å². The predicted molar refractivity (Wildman–Crippen MR) is 82.9 cm³/mol. The lowest BCUT2D eigenvalue weighted by atomic mass is 10.1. The van der Waals surface area contributed by atoms with E-state index < -0.39 is 0 Å². The van der Waals surface area contributed by atoms with Crippen molar-refractivity contribution < 1.29 is 9.21 Å². The molecule has 3 nitrogen and oxygen atoms in total. The standard InChI is InChI=1S/C17H18ClNO2/c1-9-10(2)21-11(3)15(9)17(20)19-16-13-7-5-4-6-12(13)8-14(16)18/h4-7,14,16H,8H2,1-3H3,(H,19,20). The topological polar surface area (TPSA) is 42.2 Å². The smallest absolute Gasteiger partial charge is 0.255 e. The van der Waals surface area contributed by atoms with Crippen LogP contribution in [0.25, 0.3) is 0 Å². The largest absolute Gasteiger partial charge is 0.466 e. The van der Waals surface area contributed by atoms with Crippen LogP contribution in [0.4, 0.5) is 0 Å². The number of hydrogen-bond donors (Lipinski definition) is 1. The molecule has 2 aromatic rings. The molecule has 0 radical (unpaired) electrons. The number of aryl methyl sites for hydroxylation is 2. The molecule has 0 saturated carbocycles. The number of nitrogens with one attached hydrogen (secondary N) is 1. The van der Waals surface area contributed by atoms with Gasteiger partial charge in [0.1, 0.15) is 11.5 Å². The molecule has 1 aliphatic carbocycles. The van der Waals surface area contributed by atoms with Gasteiger partial charge in [0.25, 0.3) is 5.91 Å². The SMILES string of the molecule is Cc1oc(C)c(C(=O)NC2c3ccccc3CC2Cl)c1C. The van der Waals surface area contributed by atoms with Gasteiger partial charge in [-0.15, -0.1) is 11.6 Å². The Balaban J connectivity index is 1.89. The maximum absolute atomic E-state index is 12.6. The average Bonchev–Trinajstić information content (AvgIpc) is 2.88. The van der Waals surface area contributed by atoms with Gasteiger partial charge < -0.3 is 9.73 Å². The van der Waals surface area contributed by atoms with Crippen molar-refractivity contribution in [3.63, 3.8) is 0 Å². The van der Waals surface area contributed by atoms with Crippen molar-refractivity contribution >= 4 is 17.5 Å². The van der Waals surface area contributed by atoms with E-state index in [1.807, 2.05) is 39.0 Å². The molecular formula is C17H18ClNO2. The predicted octanol–water partition coefficient (Wildman–Crippen LogP) is 3.84. The molecule has 21 heavy (non-hydrogen) atoms. The first-order valence-corrected chi connectivity index (χ1v) is 7.52. The van der Waals surface area contributed by atoms with Gasteiger partial charge in [-0.3, -0.25) is 4.79 Å². The summed E-state index contributed by atoms with van der Waals surface area (Å²) in [6, 6.07) is 7.92. The van der Waals surface area contributed by atoms with Gasteiger partial charge >= 0.3 is 0 Å². The first kappa shape index (κ1) is 14.2. The van der Waals surface area contributed by atoms with Gasteiger partial charge in [-0.2, -0.15) is 0 Å². The second kappa shape index (κ2) is 5.23. The molecule has 0 aliphatic heterocycles. The second-order valence-electron chi connectivity index (χ2n) is 5.58. The van der Waals surface area contributed by atoms with Crippen LogP contribution in [0.3, 0.4) is 0 Å². The van der Waals surface area contributed by atoms with Crippen molar-refractivity contribution in [2.75, 3.05) is 0 Å². The van der Waals surface area contributed by atoms with E-state index in [9.17, 15) is 4.79 Å². The van der Waals surface area contributed by atoms with Crippen LogP contribution in [0.1, 0.15) is 44.6 Å². The van der Waals surface area contributed by atoms with E-state index in [1.54, 1.807) is 0 Å². The maximum Gasteiger partial charge on any atom is 0.255 e. The summed E-state index contributed by atoms with van der Waals surface area (Å²) in [5, 5.41) is 2.95.